The SMILES string of the molecule is CC1(C)c2ccc3c4ccccc4n(-c4cccc(-c5nc(-c6ccccc6)nc(-c6ccccc6)n5)c4)c3c2-c2nccnc21. The number of aromatic nitrogens is 6. The number of rotatable bonds is 4. The molecule has 1 aliphatic rings. The Morgan fingerprint density at radius 2 is 1.15 bits per heavy atom. The molecule has 0 bridgehead atoms. The molecule has 1 aliphatic carbocycles. The molecule has 3 aromatic heterocycles. The molecule has 6 nitrogen and oxygen atoms in total. The number of fused-ring (bicyclic) bond motifs is 7. The fraction of sp³-hybridized carbons (Fsp3) is 0.0750. The van der Waals surface area contributed by atoms with E-state index in [2.05, 4.69) is 79.1 Å². The van der Waals surface area contributed by atoms with Crippen molar-refractivity contribution in [3.05, 3.63) is 145 Å². The standard InChI is InChI=1S/C40H28N6/c1-40(2)31-21-20-30-29-18-9-10-19-32(29)46(35(30)33(31)34-36(40)42-23-22-41-34)28-17-11-16-27(24-28)39-44-37(25-12-5-3-6-13-25)43-38(45-39)26-14-7-4-8-15-26/h3-24H,1-2H3. The minimum absolute atomic E-state index is 0.261. The zero-order valence-electron chi connectivity index (χ0n) is 25.4. The van der Waals surface area contributed by atoms with Gasteiger partial charge in [-0.25, -0.2) is 15.0 Å². The van der Waals surface area contributed by atoms with E-state index in [1.54, 1.807) is 12.4 Å². The molecule has 0 saturated carbocycles. The highest BCUT2D eigenvalue weighted by Gasteiger charge is 2.40. The molecule has 8 aromatic rings. The summed E-state index contributed by atoms with van der Waals surface area (Å²) in [5.41, 5.74) is 10.2. The van der Waals surface area contributed by atoms with Crippen molar-refractivity contribution in [3.63, 3.8) is 0 Å². The van der Waals surface area contributed by atoms with Crippen molar-refractivity contribution in [3.8, 4) is 51.1 Å². The van der Waals surface area contributed by atoms with Gasteiger partial charge in [-0.3, -0.25) is 9.97 Å². The van der Waals surface area contributed by atoms with Crippen LogP contribution in [0.15, 0.2) is 134 Å². The fourth-order valence-corrected chi connectivity index (χ4v) is 6.91. The second-order valence-electron chi connectivity index (χ2n) is 12.2. The predicted molar refractivity (Wildman–Crippen MR) is 184 cm³/mol. The van der Waals surface area contributed by atoms with E-state index in [1.807, 2.05) is 60.7 Å². The van der Waals surface area contributed by atoms with Crippen LogP contribution in [0, 0.1) is 0 Å². The summed E-state index contributed by atoms with van der Waals surface area (Å²) < 4.78 is 2.37. The van der Waals surface area contributed by atoms with E-state index in [0.29, 0.717) is 17.5 Å². The third kappa shape index (κ3) is 3.93. The first-order chi connectivity index (χ1) is 22.6. The number of para-hydroxylation sites is 1. The predicted octanol–water partition coefficient (Wildman–Crippen LogP) is 9.07. The van der Waals surface area contributed by atoms with Crippen LogP contribution in [0.5, 0.6) is 0 Å². The Morgan fingerprint density at radius 3 is 1.87 bits per heavy atom. The molecule has 0 aliphatic heterocycles. The van der Waals surface area contributed by atoms with Gasteiger partial charge >= 0.3 is 0 Å². The van der Waals surface area contributed by atoms with Crippen LogP contribution >= 0.6 is 0 Å². The number of hydrogen-bond acceptors (Lipinski definition) is 5. The van der Waals surface area contributed by atoms with Gasteiger partial charge in [0.2, 0.25) is 0 Å². The first kappa shape index (κ1) is 26.4. The lowest BCUT2D eigenvalue weighted by Gasteiger charge is -2.19. The van der Waals surface area contributed by atoms with Gasteiger partial charge in [0, 0.05) is 56.5 Å². The quantitative estimate of drug-likeness (QED) is 0.204. The molecule has 0 fully saturated rings. The number of benzene rings is 5. The molecule has 5 aromatic carbocycles. The first-order valence-corrected chi connectivity index (χ1v) is 15.4. The minimum Gasteiger partial charge on any atom is -0.309 e. The van der Waals surface area contributed by atoms with E-state index in [9.17, 15) is 0 Å². The molecular weight excluding hydrogens is 564 g/mol. The smallest absolute Gasteiger partial charge is 0.164 e. The van der Waals surface area contributed by atoms with Gasteiger partial charge in [-0.15, -0.1) is 0 Å². The molecule has 0 N–H and O–H groups in total. The summed E-state index contributed by atoms with van der Waals surface area (Å²) >= 11 is 0. The summed E-state index contributed by atoms with van der Waals surface area (Å²) in [6.07, 6.45) is 3.59. The van der Waals surface area contributed by atoms with Crippen LogP contribution in [0.2, 0.25) is 0 Å². The Kier molecular flexibility index (Phi) is 5.74. The first-order valence-electron chi connectivity index (χ1n) is 15.4. The highest BCUT2D eigenvalue weighted by atomic mass is 15.0. The Hall–Kier alpha value is -6.01. The Morgan fingerprint density at radius 1 is 0.543 bits per heavy atom. The average molecular weight is 593 g/mol. The van der Waals surface area contributed by atoms with Crippen LogP contribution in [0.1, 0.15) is 25.1 Å². The van der Waals surface area contributed by atoms with Gasteiger partial charge in [-0.1, -0.05) is 117 Å². The molecule has 46 heavy (non-hydrogen) atoms. The van der Waals surface area contributed by atoms with Gasteiger partial charge in [0.05, 0.1) is 22.4 Å². The van der Waals surface area contributed by atoms with E-state index >= 15 is 0 Å². The zero-order chi connectivity index (χ0) is 30.8. The van der Waals surface area contributed by atoms with Gasteiger partial charge in [0.1, 0.15) is 0 Å². The average Bonchev–Trinajstić information content (AvgIpc) is 3.58. The monoisotopic (exact) mass is 592 g/mol. The van der Waals surface area contributed by atoms with Crippen molar-refractivity contribution >= 4 is 21.8 Å². The van der Waals surface area contributed by atoms with E-state index < -0.39 is 0 Å². The highest BCUT2D eigenvalue weighted by Crippen LogP contribution is 2.51. The Balaban J connectivity index is 1.30. The molecule has 0 spiro atoms. The molecule has 0 amide bonds. The van der Waals surface area contributed by atoms with Gasteiger partial charge in [-0.2, -0.15) is 0 Å². The van der Waals surface area contributed by atoms with Crippen molar-refractivity contribution in [1.29, 1.82) is 0 Å². The summed E-state index contributed by atoms with van der Waals surface area (Å²) in [6.45, 7) is 4.47. The molecule has 0 radical (unpaired) electrons. The molecule has 6 heteroatoms. The molecule has 218 valence electrons. The zero-order valence-corrected chi connectivity index (χ0v) is 25.4. The second kappa shape index (κ2) is 10.0. The lowest BCUT2D eigenvalue weighted by Crippen LogP contribution is -2.16. The van der Waals surface area contributed by atoms with Gasteiger partial charge in [0.25, 0.3) is 0 Å². The lowest BCUT2D eigenvalue weighted by atomic mass is 9.85. The van der Waals surface area contributed by atoms with Gasteiger partial charge in [-0.05, 0) is 23.8 Å². The largest absolute Gasteiger partial charge is 0.309 e. The van der Waals surface area contributed by atoms with Crippen LogP contribution in [0.4, 0.5) is 0 Å². The van der Waals surface area contributed by atoms with Gasteiger partial charge in [0.15, 0.2) is 17.5 Å². The van der Waals surface area contributed by atoms with Crippen LogP contribution in [-0.2, 0) is 5.41 Å². The molecule has 0 unspecified atom stereocenters. The van der Waals surface area contributed by atoms with E-state index in [4.69, 9.17) is 24.9 Å². The summed E-state index contributed by atoms with van der Waals surface area (Å²) in [5.74, 6) is 1.90. The molecule has 0 saturated heterocycles. The Labute approximate surface area is 266 Å². The van der Waals surface area contributed by atoms with Crippen molar-refractivity contribution in [2.24, 2.45) is 0 Å². The second-order valence-corrected chi connectivity index (χ2v) is 12.2. The van der Waals surface area contributed by atoms with Crippen LogP contribution in [0.25, 0.3) is 72.9 Å². The van der Waals surface area contributed by atoms with Crippen LogP contribution in [0.3, 0.4) is 0 Å². The minimum atomic E-state index is -0.261. The molecular formula is C40H28N6. The molecule has 9 rings (SSSR count). The topological polar surface area (TPSA) is 69.4 Å². The van der Waals surface area contributed by atoms with Crippen molar-refractivity contribution < 1.29 is 0 Å². The van der Waals surface area contributed by atoms with Crippen LogP contribution < -0.4 is 0 Å². The summed E-state index contributed by atoms with van der Waals surface area (Å²) in [7, 11) is 0. The van der Waals surface area contributed by atoms with E-state index in [-0.39, 0.29) is 5.41 Å². The van der Waals surface area contributed by atoms with Gasteiger partial charge < -0.3 is 4.57 Å². The van der Waals surface area contributed by atoms with E-state index in [1.165, 1.54) is 16.3 Å². The third-order valence-corrected chi connectivity index (χ3v) is 9.10. The number of hydrogen-bond donors (Lipinski definition) is 0. The summed E-state index contributed by atoms with van der Waals surface area (Å²) in [4.78, 5) is 24.6. The molecule has 3 heterocycles. The maximum Gasteiger partial charge on any atom is 0.164 e. The lowest BCUT2D eigenvalue weighted by molar-refractivity contribution is 0.635. The Bertz CT molecular complexity index is 2390. The fourth-order valence-electron chi connectivity index (χ4n) is 6.91. The summed E-state index contributed by atoms with van der Waals surface area (Å²) in [6, 6.07) is 41.8. The normalized spacial score (nSPS) is 13.2. The maximum atomic E-state index is 5.00. The van der Waals surface area contributed by atoms with Crippen LogP contribution in [-0.4, -0.2) is 29.5 Å². The third-order valence-electron chi connectivity index (χ3n) is 9.10. The number of nitrogens with zero attached hydrogens (tertiary/aromatic N) is 6. The van der Waals surface area contributed by atoms with Crippen molar-refractivity contribution in [2.45, 2.75) is 19.3 Å². The summed E-state index contributed by atoms with van der Waals surface area (Å²) in [5, 5.41) is 2.38. The van der Waals surface area contributed by atoms with Crippen molar-refractivity contribution in [2.75, 3.05) is 0 Å². The highest BCUT2D eigenvalue weighted by molar-refractivity contribution is 6.15. The molecule has 0 atom stereocenters. The van der Waals surface area contributed by atoms with Crippen molar-refractivity contribution in [1.82, 2.24) is 29.5 Å². The maximum absolute atomic E-state index is 5.00. The van der Waals surface area contributed by atoms with E-state index in [0.717, 1.165) is 50.4 Å².